The highest BCUT2D eigenvalue weighted by Gasteiger charge is 2.08. The van der Waals surface area contributed by atoms with Gasteiger partial charge < -0.3 is 14.2 Å². The molecule has 0 aliphatic rings. The van der Waals surface area contributed by atoms with E-state index in [-0.39, 0.29) is 5.75 Å². The fraction of sp³-hybridized carbons (Fsp3) is 0.393. The maximum atomic E-state index is 11.9. The monoisotopic (exact) mass is 462 g/mol. The number of carbonyl (C=O) groups excluding carboxylic acids is 1. The van der Waals surface area contributed by atoms with E-state index < -0.39 is 6.16 Å². The number of aromatic nitrogens is 2. The van der Waals surface area contributed by atoms with Crippen molar-refractivity contribution >= 4 is 6.16 Å². The zero-order valence-corrected chi connectivity index (χ0v) is 19.9. The molecule has 0 radical (unpaired) electrons. The number of nitrogens with zero attached hydrogens (tertiary/aromatic N) is 2. The molecule has 0 spiro atoms. The van der Waals surface area contributed by atoms with Crippen molar-refractivity contribution in [2.45, 2.75) is 64.9 Å². The molecule has 1 heterocycles. The molecule has 0 aliphatic carbocycles. The third kappa shape index (κ3) is 9.22. The molecule has 34 heavy (non-hydrogen) atoms. The summed E-state index contributed by atoms with van der Waals surface area (Å²) in [6.07, 6.45) is 11.7. The van der Waals surface area contributed by atoms with Gasteiger partial charge >= 0.3 is 6.16 Å². The zero-order valence-electron chi connectivity index (χ0n) is 19.9. The molecule has 0 amide bonds. The van der Waals surface area contributed by atoms with E-state index in [1.165, 1.54) is 50.9 Å². The molecule has 0 N–H and O–H groups in total. The van der Waals surface area contributed by atoms with E-state index in [2.05, 4.69) is 16.9 Å². The van der Waals surface area contributed by atoms with Crippen molar-refractivity contribution in [2.24, 2.45) is 0 Å². The average Bonchev–Trinajstić information content (AvgIpc) is 2.88. The number of ether oxygens (including phenoxy) is 3. The number of rotatable bonds is 14. The molecule has 0 saturated heterocycles. The maximum Gasteiger partial charge on any atom is 0.513 e. The predicted molar refractivity (Wildman–Crippen MR) is 133 cm³/mol. The normalized spacial score (nSPS) is 10.6. The third-order valence-electron chi connectivity index (χ3n) is 5.41. The van der Waals surface area contributed by atoms with Crippen LogP contribution in [0.3, 0.4) is 0 Å². The zero-order chi connectivity index (χ0) is 23.8. The molecule has 0 aliphatic heterocycles. The molecular weight excluding hydrogens is 428 g/mol. The highest BCUT2D eigenvalue weighted by molar-refractivity contribution is 5.63. The standard InChI is InChI=1S/C28H34N2O4/c1-2-3-4-5-6-7-8-12-19-32-28(31)34-26-20-29-27(30-21-26)24-15-17-25(18-16-24)33-22-23-13-10-9-11-14-23/h9-11,13-18,20-21H,2-8,12,19,22H2,1H3. The summed E-state index contributed by atoms with van der Waals surface area (Å²) < 4.78 is 16.1. The molecule has 0 unspecified atom stereocenters. The summed E-state index contributed by atoms with van der Waals surface area (Å²) in [5.41, 5.74) is 1.96. The fourth-order valence-electron chi connectivity index (χ4n) is 3.48. The van der Waals surface area contributed by atoms with Crippen molar-refractivity contribution in [3.8, 4) is 22.9 Å². The lowest BCUT2D eigenvalue weighted by atomic mass is 10.1. The SMILES string of the molecule is CCCCCCCCCCOC(=O)Oc1cnc(-c2ccc(OCc3ccccc3)cc2)nc1. The Morgan fingerprint density at radius 2 is 1.41 bits per heavy atom. The average molecular weight is 463 g/mol. The summed E-state index contributed by atoms with van der Waals surface area (Å²) in [6, 6.07) is 17.6. The van der Waals surface area contributed by atoms with Crippen LogP contribution in [0.2, 0.25) is 0 Å². The minimum atomic E-state index is -0.723. The van der Waals surface area contributed by atoms with Crippen molar-refractivity contribution in [3.05, 3.63) is 72.6 Å². The Morgan fingerprint density at radius 3 is 2.09 bits per heavy atom. The van der Waals surface area contributed by atoms with Gasteiger partial charge in [0, 0.05) is 5.56 Å². The first-order chi connectivity index (χ1) is 16.7. The summed E-state index contributed by atoms with van der Waals surface area (Å²) >= 11 is 0. The number of benzene rings is 2. The molecule has 1 aromatic heterocycles. The minimum absolute atomic E-state index is 0.257. The Labute approximate surface area is 202 Å². The van der Waals surface area contributed by atoms with Crippen LogP contribution in [0, 0.1) is 0 Å². The van der Waals surface area contributed by atoms with Gasteiger partial charge in [0.2, 0.25) is 0 Å². The first-order valence-electron chi connectivity index (χ1n) is 12.2. The van der Waals surface area contributed by atoms with Crippen LogP contribution in [-0.4, -0.2) is 22.7 Å². The van der Waals surface area contributed by atoms with Crippen molar-refractivity contribution in [1.29, 1.82) is 0 Å². The van der Waals surface area contributed by atoms with Crippen molar-refractivity contribution in [3.63, 3.8) is 0 Å². The molecule has 180 valence electrons. The predicted octanol–water partition coefficient (Wildman–Crippen LogP) is 7.38. The Kier molecular flexibility index (Phi) is 10.9. The second-order valence-corrected chi connectivity index (χ2v) is 8.22. The molecule has 0 saturated carbocycles. The van der Waals surface area contributed by atoms with Gasteiger partial charge in [-0.2, -0.15) is 0 Å². The van der Waals surface area contributed by atoms with E-state index in [0.29, 0.717) is 19.0 Å². The quantitative estimate of drug-likeness (QED) is 0.184. The van der Waals surface area contributed by atoms with E-state index >= 15 is 0 Å². The van der Waals surface area contributed by atoms with Gasteiger partial charge in [-0.3, -0.25) is 0 Å². The van der Waals surface area contributed by atoms with Crippen LogP contribution < -0.4 is 9.47 Å². The van der Waals surface area contributed by atoms with Crippen LogP contribution in [0.25, 0.3) is 11.4 Å². The van der Waals surface area contributed by atoms with Gasteiger partial charge in [0.05, 0.1) is 19.0 Å². The van der Waals surface area contributed by atoms with Gasteiger partial charge in [0.15, 0.2) is 11.6 Å². The van der Waals surface area contributed by atoms with Gasteiger partial charge in [0.1, 0.15) is 12.4 Å². The Morgan fingerprint density at radius 1 is 0.765 bits per heavy atom. The van der Waals surface area contributed by atoms with Crippen LogP contribution in [0.15, 0.2) is 67.0 Å². The van der Waals surface area contributed by atoms with Crippen LogP contribution in [0.5, 0.6) is 11.5 Å². The van der Waals surface area contributed by atoms with Crippen LogP contribution >= 0.6 is 0 Å². The lowest BCUT2D eigenvalue weighted by Gasteiger charge is -2.08. The second kappa shape index (κ2) is 14.7. The third-order valence-corrected chi connectivity index (χ3v) is 5.41. The first kappa shape index (κ1) is 25.2. The fourth-order valence-corrected chi connectivity index (χ4v) is 3.48. The van der Waals surface area contributed by atoms with Gasteiger partial charge in [-0.25, -0.2) is 14.8 Å². The van der Waals surface area contributed by atoms with Crippen molar-refractivity contribution < 1.29 is 19.0 Å². The minimum Gasteiger partial charge on any atom is -0.489 e. The van der Waals surface area contributed by atoms with Crippen molar-refractivity contribution in [2.75, 3.05) is 6.61 Å². The highest BCUT2D eigenvalue weighted by atomic mass is 16.7. The molecule has 6 nitrogen and oxygen atoms in total. The van der Waals surface area contributed by atoms with Crippen molar-refractivity contribution in [1.82, 2.24) is 9.97 Å². The maximum absolute atomic E-state index is 11.9. The number of unbranched alkanes of at least 4 members (excludes halogenated alkanes) is 7. The summed E-state index contributed by atoms with van der Waals surface area (Å²) in [5.74, 6) is 1.56. The van der Waals surface area contributed by atoms with E-state index in [1.807, 2.05) is 54.6 Å². The molecule has 3 rings (SSSR count). The molecular formula is C28H34N2O4. The van der Waals surface area contributed by atoms with Gasteiger partial charge in [-0.15, -0.1) is 0 Å². The Hall–Kier alpha value is -3.41. The number of carbonyl (C=O) groups is 1. The topological polar surface area (TPSA) is 70.5 Å². The molecule has 0 bridgehead atoms. The Balaban J connectivity index is 1.35. The summed E-state index contributed by atoms with van der Waals surface area (Å²) in [6.45, 7) is 3.10. The molecule has 3 aromatic rings. The highest BCUT2D eigenvalue weighted by Crippen LogP contribution is 2.21. The number of hydrogen-bond acceptors (Lipinski definition) is 6. The van der Waals surface area contributed by atoms with Gasteiger partial charge in [0.25, 0.3) is 0 Å². The van der Waals surface area contributed by atoms with Crippen LogP contribution in [0.4, 0.5) is 4.79 Å². The van der Waals surface area contributed by atoms with E-state index in [1.54, 1.807) is 0 Å². The summed E-state index contributed by atoms with van der Waals surface area (Å²) in [5, 5.41) is 0. The van der Waals surface area contributed by atoms with E-state index in [9.17, 15) is 4.79 Å². The number of hydrogen-bond donors (Lipinski definition) is 0. The largest absolute Gasteiger partial charge is 0.513 e. The second-order valence-electron chi connectivity index (χ2n) is 8.22. The first-order valence-corrected chi connectivity index (χ1v) is 12.2. The van der Waals surface area contributed by atoms with Gasteiger partial charge in [-0.05, 0) is 36.2 Å². The Bertz CT molecular complexity index is 960. The van der Waals surface area contributed by atoms with Crippen LogP contribution in [0.1, 0.15) is 63.9 Å². The van der Waals surface area contributed by atoms with E-state index in [4.69, 9.17) is 14.2 Å². The lowest BCUT2D eigenvalue weighted by Crippen LogP contribution is -2.11. The van der Waals surface area contributed by atoms with E-state index in [0.717, 1.165) is 29.7 Å². The molecule has 0 fully saturated rings. The molecule has 2 aromatic carbocycles. The summed E-state index contributed by atoms with van der Waals surface area (Å²) in [7, 11) is 0. The smallest absolute Gasteiger partial charge is 0.489 e. The molecule has 0 atom stereocenters. The van der Waals surface area contributed by atoms with Gasteiger partial charge in [-0.1, -0.05) is 82.2 Å². The summed E-state index contributed by atoms with van der Waals surface area (Å²) in [4.78, 5) is 20.4. The lowest BCUT2D eigenvalue weighted by molar-refractivity contribution is 0.0970. The van der Waals surface area contributed by atoms with Crippen LogP contribution in [-0.2, 0) is 11.3 Å². The molecule has 6 heteroatoms.